The standard InChI is InChI=1S/C18H24N2O2/c21-17-13-16(15-8-2-1-3-9-15)20(11-10-19-17)18(22)12-14-6-4-5-7-14/h1-3,8-9,14,16H,4-7,10-13H2,(H,19,21)/t16-/m1/s1. The molecule has 1 saturated carbocycles. The highest BCUT2D eigenvalue weighted by Gasteiger charge is 2.31. The highest BCUT2D eigenvalue weighted by Crippen LogP contribution is 2.31. The molecular weight excluding hydrogens is 276 g/mol. The second-order valence-corrected chi connectivity index (χ2v) is 6.42. The maximum absolute atomic E-state index is 12.8. The van der Waals surface area contributed by atoms with Gasteiger partial charge in [0.15, 0.2) is 0 Å². The van der Waals surface area contributed by atoms with Crippen molar-refractivity contribution in [2.75, 3.05) is 13.1 Å². The van der Waals surface area contributed by atoms with E-state index >= 15 is 0 Å². The number of carbonyl (C=O) groups excluding carboxylic acids is 2. The van der Waals surface area contributed by atoms with Crippen LogP contribution < -0.4 is 5.32 Å². The van der Waals surface area contributed by atoms with Gasteiger partial charge in [0, 0.05) is 19.5 Å². The normalized spacial score (nSPS) is 23.2. The fraction of sp³-hybridized carbons (Fsp3) is 0.556. The van der Waals surface area contributed by atoms with Gasteiger partial charge < -0.3 is 10.2 Å². The number of carbonyl (C=O) groups is 2. The van der Waals surface area contributed by atoms with E-state index in [9.17, 15) is 9.59 Å². The zero-order chi connectivity index (χ0) is 15.4. The zero-order valence-corrected chi connectivity index (χ0v) is 13.0. The molecule has 118 valence electrons. The van der Waals surface area contributed by atoms with Gasteiger partial charge in [-0.05, 0) is 24.3 Å². The topological polar surface area (TPSA) is 49.4 Å². The van der Waals surface area contributed by atoms with Gasteiger partial charge in [0.25, 0.3) is 0 Å². The van der Waals surface area contributed by atoms with Crippen molar-refractivity contribution >= 4 is 11.8 Å². The van der Waals surface area contributed by atoms with Crippen molar-refractivity contribution in [2.24, 2.45) is 5.92 Å². The third-order valence-electron chi connectivity index (χ3n) is 4.87. The van der Waals surface area contributed by atoms with E-state index in [0.717, 1.165) is 5.56 Å². The summed E-state index contributed by atoms with van der Waals surface area (Å²) in [5.41, 5.74) is 1.05. The number of rotatable bonds is 3. The van der Waals surface area contributed by atoms with Crippen molar-refractivity contribution < 1.29 is 9.59 Å². The molecule has 1 aliphatic carbocycles. The highest BCUT2D eigenvalue weighted by molar-refractivity contribution is 5.81. The lowest BCUT2D eigenvalue weighted by molar-refractivity contribution is -0.134. The smallest absolute Gasteiger partial charge is 0.223 e. The maximum atomic E-state index is 12.8. The van der Waals surface area contributed by atoms with Crippen LogP contribution in [0.1, 0.15) is 50.1 Å². The van der Waals surface area contributed by atoms with Crippen LogP contribution in [0.15, 0.2) is 30.3 Å². The minimum absolute atomic E-state index is 0.0324. The minimum atomic E-state index is -0.127. The molecule has 22 heavy (non-hydrogen) atoms. The van der Waals surface area contributed by atoms with Crippen molar-refractivity contribution in [3.8, 4) is 0 Å². The second kappa shape index (κ2) is 6.95. The molecule has 2 fully saturated rings. The lowest BCUT2D eigenvalue weighted by Gasteiger charge is -2.30. The summed E-state index contributed by atoms with van der Waals surface area (Å²) < 4.78 is 0. The molecule has 1 heterocycles. The Bertz CT molecular complexity index is 523. The number of amides is 2. The van der Waals surface area contributed by atoms with Crippen LogP contribution in [-0.2, 0) is 9.59 Å². The Labute approximate surface area is 131 Å². The molecule has 2 amide bonds. The van der Waals surface area contributed by atoms with E-state index < -0.39 is 0 Å². The molecule has 1 N–H and O–H groups in total. The van der Waals surface area contributed by atoms with Gasteiger partial charge in [-0.3, -0.25) is 9.59 Å². The molecule has 1 aromatic rings. The SMILES string of the molecule is O=C1C[C@H](c2ccccc2)N(C(=O)CC2CCCC2)CCN1. The predicted molar refractivity (Wildman–Crippen MR) is 85.1 cm³/mol. The van der Waals surface area contributed by atoms with Gasteiger partial charge in [-0.15, -0.1) is 0 Å². The molecule has 3 rings (SSSR count). The summed E-state index contributed by atoms with van der Waals surface area (Å²) in [6, 6.07) is 9.80. The van der Waals surface area contributed by atoms with E-state index in [0.29, 0.717) is 31.8 Å². The van der Waals surface area contributed by atoms with Crippen LogP contribution in [0, 0.1) is 5.92 Å². The lowest BCUT2D eigenvalue weighted by Crippen LogP contribution is -2.37. The molecule has 0 aromatic heterocycles. The minimum Gasteiger partial charge on any atom is -0.354 e. The van der Waals surface area contributed by atoms with E-state index in [1.807, 2.05) is 35.2 Å². The summed E-state index contributed by atoms with van der Waals surface area (Å²) in [6.45, 7) is 1.16. The quantitative estimate of drug-likeness (QED) is 0.933. The molecule has 4 nitrogen and oxygen atoms in total. The van der Waals surface area contributed by atoms with Gasteiger partial charge >= 0.3 is 0 Å². The van der Waals surface area contributed by atoms with Crippen molar-refractivity contribution in [1.29, 1.82) is 0 Å². The van der Waals surface area contributed by atoms with Crippen LogP contribution in [0.4, 0.5) is 0 Å². The van der Waals surface area contributed by atoms with Gasteiger partial charge in [-0.25, -0.2) is 0 Å². The van der Waals surface area contributed by atoms with E-state index in [4.69, 9.17) is 0 Å². The number of benzene rings is 1. The zero-order valence-electron chi connectivity index (χ0n) is 13.0. The summed E-state index contributed by atoms with van der Waals surface area (Å²) in [5, 5.41) is 2.89. The molecule has 4 heteroatoms. The summed E-state index contributed by atoms with van der Waals surface area (Å²) in [7, 11) is 0. The van der Waals surface area contributed by atoms with Gasteiger partial charge in [-0.2, -0.15) is 0 Å². The fourth-order valence-corrected chi connectivity index (χ4v) is 3.68. The van der Waals surface area contributed by atoms with Crippen LogP contribution in [0.25, 0.3) is 0 Å². The molecule has 1 saturated heterocycles. The lowest BCUT2D eigenvalue weighted by atomic mass is 9.99. The Hall–Kier alpha value is -1.84. The molecule has 0 radical (unpaired) electrons. The monoisotopic (exact) mass is 300 g/mol. The predicted octanol–water partition coefficient (Wildman–Crippen LogP) is 2.66. The summed E-state index contributed by atoms with van der Waals surface area (Å²) >= 11 is 0. The fourth-order valence-electron chi connectivity index (χ4n) is 3.68. The Balaban J connectivity index is 1.78. The Morgan fingerprint density at radius 2 is 1.91 bits per heavy atom. The Morgan fingerprint density at radius 1 is 1.18 bits per heavy atom. The highest BCUT2D eigenvalue weighted by atomic mass is 16.2. The van der Waals surface area contributed by atoms with Gasteiger partial charge in [0.05, 0.1) is 12.5 Å². The number of nitrogens with one attached hydrogen (secondary N) is 1. The van der Waals surface area contributed by atoms with E-state index in [-0.39, 0.29) is 17.9 Å². The van der Waals surface area contributed by atoms with Crippen molar-refractivity contribution in [2.45, 2.75) is 44.6 Å². The van der Waals surface area contributed by atoms with Crippen molar-refractivity contribution in [1.82, 2.24) is 10.2 Å². The molecular formula is C18H24N2O2. The molecule has 1 atom stereocenters. The number of hydrogen-bond acceptors (Lipinski definition) is 2. The molecule has 1 aromatic carbocycles. The van der Waals surface area contributed by atoms with Crippen LogP contribution in [0.5, 0.6) is 0 Å². The average Bonchev–Trinajstić information content (AvgIpc) is 2.95. The van der Waals surface area contributed by atoms with E-state index in [2.05, 4.69) is 5.32 Å². The average molecular weight is 300 g/mol. The largest absolute Gasteiger partial charge is 0.354 e. The first-order chi connectivity index (χ1) is 10.7. The first-order valence-electron chi connectivity index (χ1n) is 8.35. The molecule has 1 aliphatic heterocycles. The van der Waals surface area contributed by atoms with Crippen LogP contribution in [0.2, 0.25) is 0 Å². The molecule has 0 unspecified atom stereocenters. The molecule has 0 spiro atoms. The maximum Gasteiger partial charge on any atom is 0.223 e. The molecule has 2 aliphatic rings. The van der Waals surface area contributed by atoms with Crippen LogP contribution in [0.3, 0.4) is 0 Å². The van der Waals surface area contributed by atoms with E-state index in [1.165, 1.54) is 25.7 Å². The van der Waals surface area contributed by atoms with Crippen LogP contribution in [-0.4, -0.2) is 29.8 Å². The van der Waals surface area contributed by atoms with Crippen molar-refractivity contribution in [3.05, 3.63) is 35.9 Å². The third-order valence-corrected chi connectivity index (χ3v) is 4.87. The summed E-state index contributed by atoms with van der Waals surface area (Å²) in [4.78, 5) is 26.6. The van der Waals surface area contributed by atoms with Gasteiger partial charge in [0.1, 0.15) is 0 Å². The van der Waals surface area contributed by atoms with Crippen LogP contribution >= 0.6 is 0 Å². The molecule has 0 bridgehead atoms. The van der Waals surface area contributed by atoms with Crippen molar-refractivity contribution in [3.63, 3.8) is 0 Å². The first-order valence-corrected chi connectivity index (χ1v) is 8.35. The number of nitrogens with zero attached hydrogens (tertiary/aromatic N) is 1. The third kappa shape index (κ3) is 3.49. The first kappa shape index (κ1) is 15.1. The van der Waals surface area contributed by atoms with E-state index in [1.54, 1.807) is 0 Å². The number of hydrogen-bond donors (Lipinski definition) is 1. The second-order valence-electron chi connectivity index (χ2n) is 6.42. The Morgan fingerprint density at radius 3 is 2.64 bits per heavy atom. The summed E-state index contributed by atoms with van der Waals surface area (Å²) in [6.07, 6.45) is 5.84. The van der Waals surface area contributed by atoms with Gasteiger partial charge in [0.2, 0.25) is 11.8 Å². The Kier molecular flexibility index (Phi) is 4.76. The van der Waals surface area contributed by atoms with Gasteiger partial charge in [-0.1, -0.05) is 43.2 Å². The summed E-state index contributed by atoms with van der Waals surface area (Å²) in [5.74, 6) is 0.776.